The van der Waals surface area contributed by atoms with E-state index in [0.29, 0.717) is 11.5 Å². The summed E-state index contributed by atoms with van der Waals surface area (Å²) in [5.74, 6) is 0.428. The molecule has 1 saturated carbocycles. The predicted octanol–water partition coefficient (Wildman–Crippen LogP) is 1.53. The summed E-state index contributed by atoms with van der Waals surface area (Å²) in [7, 11) is 3.23. The van der Waals surface area contributed by atoms with Crippen LogP contribution in [0.25, 0.3) is 0 Å². The van der Waals surface area contributed by atoms with Crippen molar-refractivity contribution in [1.29, 1.82) is 0 Å². The monoisotopic (exact) mass is 265 g/mol. The van der Waals surface area contributed by atoms with Gasteiger partial charge in [-0.15, -0.1) is 0 Å². The van der Waals surface area contributed by atoms with Crippen molar-refractivity contribution in [1.82, 2.24) is 5.32 Å². The maximum absolute atomic E-state index is 11.5. The third-order valence-corrected chi connectivity index (χ3v) is 3.63. The fourth-order valence-electron chi connectivity index (χ4n) is 2.24. The Balaban J connectivity index is 2.13. The first kappa shape index (κ1) is 13.7. The van der Waals surface area contributed by atoms with Gasteiger partial charge >= 0.3 is 5.97 Å². The SMILES string of the molecule is CNC(COc1ccccc1OC)(C(=O)O)C1CC1. The largest absolute Gasteiger partial charge is 0.493 e. The molecule has 19 heavy (non-hydrogen) atoms. The van der Waals surface area contributed by atoms with Crippen LogP contribution >= 0.6 is 0 Å². The van der Waals surface area contributed by atoms with Gasteiger partial charge in [0.15, 0.2) is 17.0 Å². The van der Waals surface area contributed by atoms with Crippen molar-refractivity contribution in [3.8, 4) is 11.5 Å². The van der Waals surface area contributed by atoms with Gasteiger partial charge in [-0.25, -0.2) is 0 Å². The predicted molar refractivity (Wildman–Crippen MR) is 70.6 cm³/mol. The van der Waals surface area contributed by atoms with E-state index in [1.165, 1.54) is 0 Å². The number of methoxy groups -OCH3 is 1. The lowest BCUT2D eigenvalue weighted by Gasteiger charge is -2.29. The van der Waals surface area contributed by atoms with Gasteiger partial charge in [0.05, 0.1) is 7.11 Å². The zero-order valence-electron chi connectivity index (χ0n) is 11.2. The molecule has 1 aromatic carbocycles. The van der Waals surface area contributed by atoms with Crippen molar-refractivity contribution < 1.29 is 19.4 Å². The van der Waals surface area contributed by atoms with Gasteiger partial charge in [0.1, 0.15) is 6.61 Å². The van der Waals surface area contributed by atoms with Gasteiger partial charge in [-0.05, 0) is 37.9 Å². The standard InChI is InChI=1S/C14H19NO4/c1-15-14(13(16)17,10-7-8-10)9-19-12-6-4-3-5-11(12)18-2/h3-6,10,15H,7-9H2,1-2H3,(H,16,17). The van der Waals surface area contributed by atoms with Crippen LogP contribution in [0.15, 0.2) is 24.3 Å². The van der Waals surface area contributed by atoms with E-state index < -0.39 is 11.5 Å². The van der Waals surface area contributed by atoms with Crippen molar-refractivity contribution in [2.45, 2.75) is 18.4 Å². The Morgan fingerprint density at radius 2 is 2.05 bits per heavy atom. The number of ether oxygens (including phenoxy) is 2. The summed E-state index contributed by atoms with van der Waals surface area (Å²) in [6.45, 7) is 0.0872. The van der Waals surface area contributed by atoms with Crippen LogP contribution in [0.2, 0.25) is 0 Å². The Labute approximate surface area is 112 Å². The van der Waals surface area contributed by atoms with E-state index in [0.717, 1.165) is 12.8 Å². The number of carboxylic acids is 1. The molecule has 1 aromatic rings. The normalized spacial score (nSPS) is 17.6. The molecule has 5 heteroatoms. The quantitative estimate of drug-likeness (QED) is 0.782. The molecule has 1 unspecified atom stereocenters. The molecule has 0 aliphatic heterocycles. The van der Waals surface area contributed by atoms with E-state index >= 15 is 0 Å². The number of hydrogen-bond acceptors (Lipinski definition) is 4. The summed E-state index contributed by atoms with van der Waals surface area (Å²) in [6, 6.07) is 7.23. The number of carboxylic acid groups (broad SMARTS) is 1. The average Bonchev–Trinajstić information content (AvgIpc) is 3.25. The van der Waals surface area contributed by atoms with E-state index in [9.17, 15) is 9.90 Å². The maximum atomic E-state index is 11.5. The van der Waals surface area contributed by atoms with Gasteiger partial charge in [0.2, 0.25) is 0 Å². The summed E-state index contributed by atoms with van der Waals surface area (Å²) in [5, 5.41) is 12.4. The number of nitrogens with one attached hydrogen (secondary N) is 1. The number of rotatable bonds is 7. The second kappa shape index (κ2) is 5.48. The molecule has 0 spiro atoms. The zero-order valence-corrected chi connectivity index (χ0v) is 11.2. The molecule has 5 nitrogen and oxygen atoms in total. The second-order valence-corrected chi connectivity index (χ2v) is 4.74. The fourth-order valence-corrected chi connectivity index (χ4v) is 2.24. The fraction of sp³-hybridized carbons (Fsp3) is 0.500. The van der Waals surface area contributed by atoms with E-state index in [4.69, 9.17) is 9.47 Å². The minimum Gasteiger partial charge on any atom is -0.493 e. The van der Waals surface area contributed by atoms with Crippen LogP contribution in [0.3, 0.4) is 0 Å². The number of carbonyl (C=O) groups is 1. The molecule has 0 aromatic heterocycles. The number of para-hydroxylation sites is 2. The van der Waals surface area contributed by atoms with E-state index in [1.54, 1.807) is 26.3 Å². The molecule has 2 rings (SSSR count). The van der Waals surface area contributed by atoms with Gasteiger partial charge in [0.25, 0.3) is 0 Å². The Bertz CT molecular complexity index is 459. The third kappa shape index (κ3) is 2.66. The molecule has 0 radical (unpaired) electrons. The Morgan fingerprint density at radius 3 is 2.53 bits per heavy atom. The zero-order chi connectivity index (χ0) is 13.9. The van der Waals surface area contributed by atoms with E-state index in [2.05, 4.69) is 5.32 Å². The van der Waals surface area contributed by atoms with Crippen molar-refractivity contribution in [3.05, 3.63) is 24.3 Å². The van der Waals surface area contributed by atoms with Gasteiger partial charge in [-0.2, -0.15) is 0 Å². The van der Waals surface area contributed by atoms with E-state index in [1.807, 2.05) is 12.1 Å². The Morgan fingerprint density at radius 1 is 1.42 bits per heavy atom. The van der Waals surface area contributed by atoms with Gasteiger partial charge in [-0.3, -0.25) is 4.79 Å². The highest BCUT2D eigenvalue weighted by molar-refractivity contribution is 5.80. The first-order chi connectivity index (χ1) is 9.14. The average molecular weight is 265 g/mol. The van der Waals surface area contributed by atoms with Crippen LogP contribution in [0.1, 0.15) is 12.8 Å². The van der Waals surface area contributed by atoms with E-state index in [-0.39, 0.29) is 12.5 Å². The number of likely N-dealkylation sites (N-methyl/N-ethyl adjacent to an activating group) is 1. The van der Waals surface area contributed by atoms with Crippen LogP contribution < -0.4 is 14.8 Å². The molecule has 0 heterocycles. The highest BCUT2D eigenvalue weighted by atomic mass is 16.5. The molecular formula is C14H19NO4. The minimum absolute atomic E-state index is 0.0872. The first-order valence-corrected chi connectivity index (χ1v) is 6.32. The first-order valence-electron chi connectivity index (χ1n) is 6.32. The molecular weight excluding hydrogens is 246 g/mol. The van der Waals surface area contributed by atoms with Crippen LogP contribution in [0.4, 0.5) is 0 Å². The van der Waals surface area contributed by atoms with Crippen LogP contribution in [0, 0.1) is 5.92 Å². The summed E-state index contributed by atoms with van der Waals surface area (Å²) in [4.78, 5) is 11.5. The van der Waals surface area contributed by atoms with Crippen LogP contribution in [-0.2, 0) is 4.79 Å². The van der Waals surface area contributed by atoms with Crippen molar-refractivity contribution in [2.75, 3.05) is 20.8 Å². The number of benzene rings is 1. The number of hydrogen-bond donors (Lipinski definition) is 2. The Hall–Kier alpha value is -1.75. The molecule has 0 saturated heterocycles. The highest BCUT2D eigenvalue weighted by Crippen LogP contribution is 2.40. The molecule has 0 amide bonds. The third-order valence-electron chi connectivity index (χ3n) is 3.63. The molecule has 1 aliphatic rings. The molecule has 1 aliphatic carbocycles. The van der Waals surface area contributed by atoms with Gasteiger partial charge < -0.3 is 19.9 Å². The lowest BCUT2D eigenvalue weighted by atomic mass is 9.94. The smallest absolute Gasteiger partial charge is 0.327 e. The summed E-state index contributed by atoms with van der Waals surface area (Å²) in [6.07, 6.45) is 1.84. The van der Waals surface area contributed by atoms with Gasteiger partial charge in [0, 0.05) is 0 Å². The molecule has 1 atom stereocenters. The topological polar surface area (TPSA) is 67.8 Å². The van der Waals surface area contributed by atoms with Crippen LogP contribution in [0.5, 0.6) is 11.5 Å². The lowest BCUT2D eigenvalue weighted by Crippen LogP contribution is -2.56. The molecule has 104 valence electrons. The molecule has 2 N–H and O–H groups in total. The molecule has 1 fully saturated rings. The summed E-state index contributed by atoms with van der Waals surface area (Å²) >= 11 is 0. The maximum Gasteiger partial charge on any atom is 0.327 e. The minimum atomic E-state index is -1.01. The van der Waals surface area contributed by atoms with Crippen molar-refractivity contribution in [3.63, 3.8) is 0 Å². The van der Waals surface area contributed by atoms with Crippen molar-refractivity contribution >= 4 is 5.97 Å². The number of aliphatic carboxylic acids is 1. The van der Waals surface area contributed by atoms with Crippen molar-refractivity contribution in [2.24, 2.45) is 5.92 Å². The Kier molecular flexibility index (Phi) is 3.95. The lowest BCUT2D eigenvalue weighted by molar-refractivity contribution is -0.147. The summed E-state index contributed by atoms with van der Waals surface area (Å²) in [5.41, 5.74) is -1.01. The van der Waals surface area contributed by atoms with Gasteiger partial charge in [-0.1, -0.05) is 12.1 Å². The second-order valence-electron chi connectivity index (χ2n) is 4.74. The highest BCUT2D eigenvalue weighted by Gasteiger charge is 2.51. The van der Waals surface area contributed by atoms with Crippen LogP contribution in [-0.4, -0.2) is 37.4 Å². The molecule has 0 bridgehead atoms. The summed E-state index contributed by atoms with van der Waals surface area (Å²) < 4.78 is 10.9.